The van der Waals surface area contributed by atoms with Gasteiger partial charge >= 0.3 is 0 Å². The van der Waals surface area contributed by atoms with Crippen LogP contribution in [0, 0.1) is 0 Å². The van der Waals surface area contributed by atoms with Crippen LogP contribution in [0.15, 0.2) is 42.5 Å². The third kappa shape index (κ3) is 1.94. The van der Waals surface area contributed by atoms with Gasteiger partial charge in [-0.25, -0.2) is 0 Å². The molecule has 0 aliphatic carbocycles. The molecule has 0 bridgehead atoms. The Morgan fingerprint density at radius 2 is 1.75 bits per heavy atom. The molecule has 0 saturated carbocycles. The summed E-state index contributed by atoms with van der Waals surface area (Å²) in [5, 5.41) is 2.46. The number of rotatable bonds is 2. The first-order valence-electron chi connectivity index (χ1n) is 5.45. The minimum Gasteiger partial charge on any atom is -0.497 e. The Morgan fingerprint density at radius 1 is 1.06 bits per heavy atom. The van der Waals surface area contributed by atoms with Crippen molar-refractivity contribution in [2.75, 3.05) is 7.11 Å². The Morgan fingerprint density at radius 3 is 2.44 bits per heavy atom. The maximum absolute atomic E-state index is 5.21. The molecule has 2 aromatic rings. The van der Waals surface area contributed by atoms with Crippen LogP contribution in [-0.2, 0) is 0 Å². The molecule has 0 aliphatic rings. The number of benzene rings is 2. The van der Waals surface area contributed by atoms with Crippen LogP contribution in [0.25, 0.3) is 16.3 Å². The molecule has 16 heavy (non-hydrogen) atoms. The first-order chi connectivity index (χ1) is 7.74. The SMILES string of the molecule is C/C=C(\C)c1ccc2cc(OC)ccc2c1. The van der Waals surface area contributed by atoms with Gasteiger partial charge in [-0.2, -0.15) is 0 Å². The lowest BCUT2D eigenvalue weighted by Crippen LogP contribution is -1.84. The standard InChI is InChI=1S/C15H16O/c1-4-11(2)12-5-6-14-10-15(16-3)8-7-13(14)9-12/h4-10H,1-3H3/b11-4+. The molecule has 0 unspecified atom stereocenters. The van der Waals surface area contributed by atoms with Crippen LogP contribution in [0.1, 0.15) is 19.4 Å². The first kappa shape index (κ1) is 10.7. The molecule has 0 N–H and O–H groups in total. The van der Waals surface area contributed by atoms with E-state index in [2.05, 4.69) is 50.3 Å². The van der Waals surface area contributed by atoms with Crippen molar-refractivity contribution in [3.8, 4) is 5.75 Å². The van der Waals surface area contributed by atoms with Crippen LogP contribution in [-0.4, -0.2) is 7.11 Å². The summed E-state index contributed by atoms with van der Waals surface area (Å²) in [4.78, 5) is 0. The van der Waals surface area contributed by atoms with Crippen LogP contribution in [0.5, 0.6) is 5.75 Å². The van der Waals surface area contributed by atoms with Crippen molar-refractivity contribution in [2.24, 2.45) is 0 Å². The lowest BCUT2D eigenvalue weighted by molar-refractivity contribution is 0.415. The molecule has 2 rings (SSSR count). The Labute approximate surface area is 96.4 Å². The summed E-state index contributed by atoms with van der Waals surface area (Å²) in [7, 11) is 1.69. The molecule has 2 aromatic carbocycles. The predicted octanol–water partition coefficient (Wildman–Crippen LogP) is 4.27. The number of allylic oxidation sites excluding steroid dienone is 2. The fourth-order valence-electron chi connectivity index (χ4n) is 1.76. The fraction of sp³-hybridized carbons (Fsp3) is 0.200. The Bertz CT molecular complexity index is 538. The summed E-state index contributed by atoms with van der Waals surface area (Å²) >= 11 is 0. The Kier molecular flexibility index (Phi) is 2.95. The molecule has 0 fully saturated rings. The monoisotopic (exact) mass is 212 g/mol. The molecule has 0 aliphatic heterocycles. The van der Waals surface area contributed by atoms with Gasteiger partial charge in [0.2, 0.25) is 0 Å². The lowest BCUT2D eigenvalue weighted by atomic mass is 10.0. The quantitative estimate of drug-likeness (QED) is 0.722. The zero-order valence-corrected chi connectivity index (χ0v) is 9.95. The topological polar surface area (TPSA) is 9.23 Å². The van der Waals surface area contributed by atoms with E-state index in [9.17, 15) is 0 Å². The normalized spacial score (nSPS) is 11.8. The molecule has 0 atom stereocenters. The van der Waals surface area contributed by atoms with Crippen molar-refractivity contribution in [1.29, 1.82) is 0 Å². The van der Waals surface area contributed by atoms with E-state index in [0.717, 1.165) is 5.75 Å². The summed E-state index contributed by atoms with van der Waals surface area (Å²) in [6.07, 6.45) is 2.13. The highest BCUT2D eigenvalue weighted by Gasteiger charge is 1.99. The van der Waals surface area contributed by atoms with Crippen molar-refractivity contribution < 1.29 is 4.74 Å². The van der Waals surface area contributed by atoms with E-state index >= 15 is 0 Å². The number of hydrogen-bond donors (Lipinski definition) is 0. The number of methoxy groups -OCH3 is 1. The molecule has 0 saturated heterocycles. The van der Waals surface area contributed by atoms with Crippen molar-refractivity contribution >= 4 is 16.3 Å². The van der Waals surface area contributed by atoms with Crippen molar-refractivity contribution in [2.45, 2.75) is 13.8 Å². The highest BCUT2D eigenvalue weighted by Crippen LogP contribution is 2.24. The number of hydrogen-bond acceptors (Lipinski definition) is 1. The predicted molar refractivity (Wildman–Crippen MR) is 69.8 cm³/mol. The zero-order chi connectivity index (χ0) is 11.5. The van der Waals surface area contributed by atoms with Gasteiger partial charge in [0.25, 0.3) is 0 Å². The van der Waals surface area contributed by atoms with Gasteiger partial charge in [-0.05, 0) is 54.0 Å². The lowest BCUT2D eigenvalue weighted by Gasteiger charge is -2.05. The molecule has 0 amide bonds. The van der Waals surface area contributed by atoms with Crippen LogP contribution >= 0.6 is 0 Å². The van der Waals surface area contributed by atoms with E-state index in [1.807, 2.05) is 6.07 Å². The van der Waals surface area contributed by atoms with Gasteiger partial charge in [-0.15, -0.1) is 0 Å². The van der Waals surface area contributed by atoms with E-state index in [0.29, 0.717) is 0 Å². The zero-order valence-electron chi connectivity index (χ0n) is 9.95. The summed E-state index contributed by atoms with van der Waals surface area (Å²) in [6.45, 7) is 4.19. The second-order valence-electron chi connectivity index (χ2n) is 3.90. The molecule has 0 radical (unpaired) electrons. The summed E-state index contributed by atoms with van der Waals surface area (Å²) in [5.74, 6) is 0.906. The van der Waals surface area contributed by atoms with Crippen molar-refractivity contribution in [1.82, 2.24) is 0 Å². The second kappa shape index (κ2) is 4.40. The maximum Gasteiger partial charge on any atom is 0.119 e. The van der Waals surface area contributed by atoms with E-state index in [-0.39, 0.29) is 0 Å². The summed E-state index contributed by atoms with van der Waals surface area (Å²) in [5.41, 5.74) is 2.58. The van der Waals surface area contributed by atoms with E-state index in [1.165, 1.54) is 21.9 Å². The van der Waals surface area contributed by atoms with Crippen molar-refractivity contribution in [3.05, 3.63) is 48.0 Å². The van der Waals surface area contributed by atoms with Gasteiger partial charge in [-0.1, -0.05) is 24.3 Å². The fourth-order valence-corrected chi connectivity index (χ4v) is 1.76. The van der Waals surface area contributed by atoms with Crippen molar-refractivity contribution in [3.63, 3.8) is 0 Å². The van der Waals surface area contributed by atoms with Gasteiger partial charge < -0.3 is 4.74 Å². The molecule has 82 valence electrons. The molecule has 1 nitrogen and oxygen atoms in total. The van der Waals surface area contributed by atoms with Crippen LogP contribution in [0.3, 0.4) is 0 Å². The van der Waals surface area contributed by atoms with Crippen LogP contribution in [0.2, 0.25) is 0 Å². The minimum atomic E-state index is 0.906. The van der Waals surface area contributed by atoms with E-state index in [1.54, 1.807) is 7.11 Å². The highest BCUT2D eigenvalue weighted by molar-refractivity contribution is 5.87. The largest absolute Gasteiger partial charge is 0.497 e. The van der Waals surface area contributed by atoms with Gasteiger partial charge in [0.15, 0.2) is 0 Å². The first-order valence-corrected chi connectivity index (χ1v) is 5.45. The Balaban J connectivity index is 2.56. The van der Waals surface area contributed by atoms with Crippen LogP contribution in [0.4, 0.5) is 0 Å². The molecular formula is C15H16O. The van der Waals surface area contributed by atoms with Gasteiger partial charge in [0.05, 0.1) is 7.11 Å². The minimum absolute atomic E-state index is 0.906. The average molecular weight is 212 g/mol. The van der Waals surface area contributed by atoms with Crippen LogP contribution < -0.4 is 4.74 Å². The second-order valence-corrected chi connectivity index (χ2v) is 3.90. The smallest absolute Gasteiger partial charge is 0.119 e. The maximum atomic E-state index is 5.21. The molecule has 1 heteroatoms. The molecule has 0 aromatic heterocycles. The van der Waals surface area contributed by atoms with Gasteiger partial charge in [0, 0.05) is 0 Å². The third-order valence-corrected chi connectivity index (χ3v) is 2.94. The average Bonchev–Trinajstić information content (AvgIpc) is 2.36. The highest BCUT2D eigenvalue weighted by atomic mass is 16.5. The molecule has 0 heterocycles. The third-order valence-electron chi connectivity index (χ3n) is 2.94. The van der Waals surface area contributed by atoms with Gasteiger partial charge in [0.1, 0.15) is 5.75 Å². The number of fused-ring (bicyclic) bond motifs is 1. The number of ether oxygens (including phenoxy) is 1. The molecule has 0 spiro atoms. The van der Waals surface area contributed by atoms with E-state index < -0.39 is 0 Å². The van der Waals surface area contributed by atoms with Gasteiger partial charge in [-0.3, -0.25) is 0 Å². The summed E-state index contributed by atoms with van der Waals surface area (Å²) < 4.78 is 5.21. The molecular weight excluding hydrogens is 196 g/mol. The van der Waals surface area contributed by atoms with E-state index in [4.69, 9.17) is 4.74 Å². The summed E-state index contributed by atoms with van der Waals surface area (Å²) in [6, 6.07) is 12.7. The Hall–Kier alpha value is -1.76.